The molecule has 0 saturated carbocycles. The summed E-state index contributed by atoms with van der Waals surface area (Å²) >= 11 is 1.39. The topological polar surface area (TPSA) is 100 Å². The number of aromatic nitrogens is 6. The Balaban J connectivity index is 1.62. The second-order valence-electron chi connectivity index (χ2n) is 4.59. The summed E-state index contributed by atoms with van der Waals surface area (Å²) in [5.74, 6) is 1.40. The Morgan fingerprint density at radius 2 is 1.91 bits per heavy atom. The number of imidazole rings is 1. The number of nitrogens with zero attached hydrogens (tertiary/aromatic N) is 4. The van der Waals surface area contributed by atoms with Crippen molar-refractivity contribution in [1.82, 2.24) is 29.9 Å². The van der Waals surface area contributed by atoms with Gasteiger partial charge in [0.05, 0.1) is 16.8 Å². The highest BCUT2D eigenvalue weighted by atomic mass is 32.2. The van der Waals surface area contributed by atoms with Gasteiger partial charge in [-0.15, -0.1) is 0 Å². The van der Waals surface area contributed by atoms with Crippen LogP contribution in [-0.2, 0) is 5.75 Å². The smallest absolute Gasteiger partial charge is 0.279 e. The molecular formula is C14H10N6OS. The third-order valence-corrected chi connectivity index (χ3v) is 3.99. The number of aromatic amines is 2. The van der Waals surface area contributed by atoms with Crippen LogP contribution >= 0.6 is 11.8 Å². The van der Waals surface area contributed by atoms with Gasteiger partial charge >= 0.3 is 0 Å². The summed E-state index contributed by atoms with van der Waals surface area (Å²) in [6.45, 7) is 0. The average molecular weight is 310 g/mol. The van der Waals surface area contributed by atoms with Crippen LogP contribution in [0.5, 0.6) is 0 Å². The summed E-state index contributed by atoms with van der Waals surface area (Å²) in [6.07, 6.45) is 2.99. The molecule has 0 spiro atoms. The summed E-state index contributed by atoms with van der Waals surface area (Å²) < 4.78 is 0. The summed E-state index contributed by atoms with van der Waals surface area (Å²) in [7, 11) is 0. The van der Waals surface area contributed by atoms with Gasteiger partial charge in [-0.1, -0.05) is 23.9 Å². The fraction of sp³-hybridized carbons (Fsp3) is 0.0714. The molecule has 22 heavy (non-hydrogen) atoms. The Bertz CT molecular complexity index is 991. The number of hydrogen-bond acceptors (Lipinski definition) is 6. The minimum atomic E-state index is -0.287. The van der Waals surface area contributed by atoms with Gasteiger partial charge in [-0.05, 0) is 12.1 Å². The lowest BCUT2D eigenvalue weighted by Crippen LogP contribution is -2.11. The van der Waals surface area contributed by atoms with E-state index >= 15 is 0 Å². The largest absolute Gasteiger partial charge is 0.341 e. The van der Waals surface area contributed by atoms with Crippen molar-refractivity contribution in [3.05, 3.63) is 52.8 Å². The molecule has 1 aromatic carbocycles. The van der Waals surface area contributed by atoms with Crippen molar-refractivity contribution in [1.29, 1.82) is 0 Å². The van der Waals surface area contributed by atoms with Gasteiger partial charge in [0.25, 0.3) is 5.56 Å². The van der Waals surface area contributed by atoms with Crippen LogP contribution in [0.3, 0.4) is 0 Å². The maximum Gasteiger partial charge on any atom is 0.279 e. The quantitative estimate of drug-likeness (QED) is 0.443. The lowest BCUT2D eigenvalue weighted by molar-refractivity contribution is 0.948. The predicted octanol–water partition coefficient (Wildman–Crippen LogP) is 1.88. The Kier molecular flexibility index (Phi) is 3.08. The highest BCUT2D eigenvalue weighted by Crippen LogP contribution is 2.19. The average Bonchev–Trinajstić information content (AvgIpc) is 2.96. The van der Waals surface area contributed by atoms with Gasteiger partial charge in [0, 0.05) is 12.4 Å². The molecule has 0 bridgehead atoms. The van der Waals surface area contributed by atoms with Gasteiger partial charge in [-0.3, -0.25) is 9.78 Å². The molecule has 0 aliphatic heterocycles. The predicted molar refractivity (Wildman–Crippen MR) is 83.6 cm³/mol. The Hall–Kier alpha value is -2.74. The fourth-order valence-corrected chi connectivity index (χ4v) is 2.86. The zero-order chi connectivity index (χ0) is 14.9. The van der Waals surface area contributed by atoms with Gasteiger partial charge < -0.3 is 4.98 Å². The van der Waals surface area contributed by atoms with Crippen molar-refractivity contribution in [3.8, 4) is 0 Å². The molecule has 0 atom stereocenters. The lowest BCUT2D eigenvalue weighted by atomic mass is 10.3. The van der Waals surface area contributed by atoms with E-state index in [1.165, 1.54) is 24.2 Å². The minimum Gasteiger partial charge on any atom is -0.341 e. The molecule has 0 aliphatic carbocycles. The van der Waals surface area contributed by atoms with Crippen LogP contribution in [0.1, 0.15) is 5.82 Å². The number of fused-ring (bicyclic) bond motifs is 2. The van der Waals surface area contributed by atoms with Crippen LogP contribution < -0.4 is 5.56 Å². The van der Waals surface area contributed by atoms with Crippen LogP contribution in [0.4, 0.5) is 0 Å². The molecule has 0 amide bonds. The number of thioether (sulfide) groups is 1. The van der Waals surface area contributed by atoms with E-state index in [-0.39, 0.29) is 11.1 Å². The Morgan fingerprint density at radius 1 is 1.05 bits per heavy atom. The number of para-hydroxylation sites is 2. The number of benzene rings is 1. The molecule has 108 valence electrons. The molecule has 8 heteroatoms. The third-order valence-electron chi connectivity index (χ3n) is 3.11. The molecule has 3 heterocycles. The second-order valence-corrected chi connectivity index (χ2v) is 5.55. The molecule has 0 unspecified atom stereocenters. The highest BCUT2D eigenvalue weighted by Gasteiger charge is 2.08. The molecular weight excluding hydrogens is 300 g/mol. The third kappa shape index (κ3) is 2.33. The number of rotatable bonds is 3. The minimum absolute atomic E-state index is 0.246. The van der Waals surface area contributed by atoms with E-state index in [9.17, 15) is 4.79 Å². The van der Waals surface area contributed by atoms with Crippen molar-refractivity contribution in [3.63, 3.8) is 0 Å². The zero-order valence-electron chi connectivity index (χ0n) is 11.3. The van der Waals surface area contributed by atoms with Crippen molar-refractivity contribution >= 4 is 34.0 Å². The maximum absolute atomic E-state index is 11.9. The van der Waals surface area contributed by atoms with Crippen molar-refractivity contribution in [2.24, 2.45) is 0 Å². The van der Waals surface area contributed by atoms with Crippen LogP contribution in [0.15, 0.2) is 46.6 Å². The van der Waals surface area contributed by atoms with Gasteiger partial charge in [-0.25, -0.2) is 19.9 Å². The molecule has 0 radical (unpaired) electrons. The first-order valence-corrected chi connectivity index (χ1v) is 7.55. The molecule has 0 fully saturated rings. The molecule has 3 aromatic heterocycles. The normalized spacial score (nSPS) is 11.3. The van der Waals surface area contributed by atoms with Gasteiger partial charge in [0.15, 0.2) is 16.3 Å². The second kappa shape index (κ2) is 5.23. The van der Waals surface area contributed by atoms with E-state index in [0.29, 0.717) is 16.6 Å². The van der Waals surface area contributed by atoms with Gasteiger partial charge in [0.1, 0.15) is 5.82 Å². The van der Waals surface area contributed by atoms with E-state index in [1.807, 2.05) is 24.3 Å². The van der Waals surface area contributed by atoms with E-state index in [4.69, 9.17) is 0 Å². The van der Waals surface area contributed by atoms with Crippen LogP contribution in [-0.4, -0.2) is 29.9 Å². The van der Waals surface area contributed by atoms with Gasteiger partial charge in [0.2, 0.25) is 0 Å². The summed E-state index contributed by atoms with van der Waals surface area (Å²) in [6, 6.07) is 7.83. The number of H-pyrrole nitrogens is 2. The standard InChI is InChI=1S/C14H10N6OS/c21-13-11-12(16-6-5-15-11)19-14(20-13)22-7-10-17-8-3-1-2-4-9(8)18-10/h1-6H,7H2,(H,17,18)(H,16,19,20,21). The molecule has 4 rings (SSSR count). The van der Waals surface area contributed by atoms with Crippen LogP contribution in [0.2, 0.25) is 0 Å². The Morgan fingerprint density at radius 3 is 2.82 bits per heavy atom. The SMILES string of the molecule is O=c1[nH]c(SCc2nc3ccccc3[nH]2)nc2nccnc12. The van der Waals surface area contributed by atoms with E-state index in [0.717, 1.165) is 16.9 Å². The fourth-order valence-electron chi connectivity index (χ4n) is 2.13. The van der Waals surface area contributed by atoms with E-state index in [1.54, 1.807) is 0 Å². The maximum atomic E-state index is 11.9. The van der Waals surface area contributed by atoms with E-state index < -0.39 is 0 Å². The number of hydrogen-bond donors (Lipinski definition) is 2. The van der Waals surface area contributed by atoms with Crippen molar-refractivity contribution in [2.75, 3.05) is 0 Å². The first-order valence-electron chi connectivity index (χ1n) is 6.57. The van der Waals surface area contributed by atoms with Crippen LogP contribution in [0.25, 0.3) is 22.2 Å². The number of nitrogens with one attached hydrogen (secondary N) is 2. The monoisotopic (exact) mass is 310 g/mol. The molecule has 4 aromatic rings. The zero-order valence-corrected chi connectivity index (χ0v) is 12.1. The molecule has 7 nitrogen and oxygen atoms in total. The molecule has 0 saturated heterocycles. The summed E-state index contributed by atoms with van der Waals surface area (Å²) in [5.41, 5.74) is 2.21. The van der Waals surface area contributed by atoms with Crippen LogP contribution in [0, 0.1) is 0 Å². The van der Waals surface area contributed by atoms with Gasteiger partial charge in [-0.2, -0.15) is 0 Å². The van der Waals surface area contributed by atoms with Crippen molar-refractivity contribution in [2.45, 2.75) is 10.9 Å². The first-order chi connectivity index (χ1) is 10.8. The summed E-state index contributed by atoms with van der Waals surface area (Å²) in [4.78, 5) is 34.7. The van der Waals surface area contributed by atoms with E-state index in [2.05, 4.69) is 29.9 Å². The molecule has 0 aliphatic rings. The highest BCUT2D eigenvalue weighted by molar-refractivity contribution is 7.98. The summed E-state index contributed by atoms with van der Waals surface area (Å²) in [5, 5.41) is 0.499. The first kappa shape index (κ1) is 13.0. The lowest BCUT2D eigenvalue weighted by Gasteiger charge is -2.00. The Labute approximate surface area is 128 Å². The molecule has 2 N–H and O–H groups in total. The van der Waals surface area contributed by atoms with Crippen molar-refractivity contribution < 1.29 is 0 Å².